The van der Waals surface area contributed by atoms with E-state index < -0.39 is 0 Å². The minimum atomic E-state index is -0.327. The molecular weight excluding hydrogens is 358 g/mol. The van der Waals surface area contributed by atoms with Gasteiger partial charge in [-0.1, -0.05) is 11.2 Å². The van der Waals surface area contributed by atoms with Gasteiger partial charge in [0.25, 0.3) is 11.8 Å². The lowest BCUT2D eigenvalue weighted by Gasteiger charge is -2.13. The average molecular weight is 375 g/mol. The molecule has 0 unspecified atom stereocenters. The molecule has 1 N–H and O–H groups in total. The number of thiophene rings is 1. The van der Waals surface area contributed by atoms with Crippen LogP contribution in [0.1, 0.15) is 16.2 Å². The van der Waals surface area contributed by atoms with Gasteiger partial charge in [-0.2, -0.15) is 4.98 Å². The minimum Gasteiger partial charge on any atom is -0.493 e. The third-order valence-corrected chi connectivity index (χ3v) is 4.39. The van der Waals surface area contributed by atoms with Crippen LogP contribution in [0.5, 0.6) is 17.2 Å². The number of aromatic nitrogens is 2. The van der Waals surface area contributed by atoms with Crippen LogP contribution < -0.4 is 19.5 Å². The predicted molar refractivity (Wildman–Crippen MR) is 94.9 cm³/mol. The summed E-state index contributed by atoms with van der Waals surface area (Å²) in [6.07, 6.45) is 0. The molecule has 2 heterocycles. The zero-order valence-electron chi connectivity index (χ0n) is 14.4. The van der Waals surface area contributed by atoms with Gasteiger partial charge in [-0.15, -0.1) is 11.3 Å². The van der Waals surface area contributed by atoms with Gasteiger partial charge < -0.3 is 24.1 Å². The van der Waals surface area contributed by atoms with E-state index in [0.717, 1.165) is 4.88 Å². The lowest BCUT2D eigenvalue weighted by atomic mass is 10.1. The molecule has 0 saturated heterocycles. The number of carbonyl (C=O) groups excluding carboxylic acids is 1. The van der Waals surface area contributed by atoms with Crippen LogP contribution in [-0.2, 0) is 6.54 Å². The highest BCUT2D eigenvalue weighted by molar-refractivity contribution is 7.13. The maximum Gasteiger partial charge on any atom is 0.268 e. The Kier molecular flexibility index (Phi) is 5.37. The van der Waals surface area contributed by atoms with Crippen LogP contribution in [0.15, 0.2) is 34.2 Å². The van der Waals surface area contributed by atoms with E-state index >= 15 is 0 Å². The summed E-state index contributed by atoms with van der Waals surface area (Å²) in [5.74, 6) is 1.70. The molecule has 1 amide bonds. The van der Waals surface area contributed by atoms with E-state index in [9.17, 15) is 4.79 Å². The predicted octanol–water partition coefficient (Wildman–Crippen LogP) is 2.75. The Morgan fingerprint density at radius 2 is 1.92 bits per heavy atom. The van der Waals surface area contributed by atoms with E-state index in [4.69, 9.17) is 18.7 Å². The van der Waals surface area contributed by atoms with E-state index in [1.165, 1.54) is 32.7 Å². The third-order valence-electron chi connectivity index (χ3n) is 3.53. The van der Waals surface area contributed by atoms with Crippen molar-refractivity contribution in [3.63, 3.8) is 0 Å². The molecule has 136 valence electrons. The number of carbonyl (C=O) groups is 1. The fraction of sp³-hybridized carbons (Fsp3) is 0.235. The number of amides is 1. The molecule has 3 rings (SSSR count). The van der Waals surface area contributed by atoms with Gasteiger partial charge in [0.1, 0.15) is 0 Å². The molecule has 0 aliphatic heterocycles. The van der Waals surface area contributed by atoms with Crippen molar-refractivity contribution in [2.45, 2.75) is 6.54 Å². The first-order valence-electron chi connectivity index (χ1n) is 7.61. The maximum absolute atomic E-state index is 12.4. The van der Waals surface area contributed by atoms with E-state index in [2.05, 4.69) is 15.5 Å². The largest absolute Gasteiger partial charge is 0.493 e. The molecule has 0 atom stereocenters. The second-order valence-corrected chi connectivity index (χ2v) is 6.04. The van der Waals surface area contributed by atoms with Gasteiger partial charge in [0, 0.05) is 5.56 Å². The quantitative estimate of drug-likeness (QED) is 0.678. The van der Waals surface area contributed by atoms with Crippen LogP contribution in [0.25, 0.3) is 10.8 Å². The van der Waals surface area contributed by atoms with Gasteiger partial charge in [-0.05, 0) is 23.6 Å². The Morgan fingerprint density at radius 3 is 2.50 bits per heavy atom. The molecule has 1 aromatic carbocycles. The summed E-state index contributed by atoms with van der Waals surface area (Å²) in [6.45, 7) is 0.129. The molecule has 0 fully saturated rings. The average Bonchev–Trinajstić information content (AvgIpc) is 3.36. The first-order valence-corrected chi connectivity index (χ1v) is 8.49. The number of methoxy groups -OCH3 is 3. The van der Waals surface area contributed by atoms with Crippen molar-refractivity contribution in [2.75, 3.05) is 21.3 Å². The molecule has 0 spiro atoms. The number of benzene rings is 1. The van der Waals surface area contributed by atoms with Crippen LogP contribution in [-0.4, -0.2) is 37.4 Å². The van der Waals surface area contributed by atoms with E-state index in [1.54, 1.807) is 12.1 Å². The van der Waals surface area contributed by atoms with E-state index in [0.29, 0.717) is 34.5 Å². The Hall–Kier alpha value is -3.07. The molecule has 26 heavy (non-hydrogen) atoms. The first-order chi connectivity index (χ1) is 12.7. The second-order valence-electron chi connectivity index (χ2n) is 5.09. The van der Waals surface area contributed by atoms with Crippen LogP contribution in [0, 0.1) is 0 Å². The van der Waals surface area contributed by atoms with E-state index in [-0.39, 0.29) is 12.5 Å². The van der Waals surface area contributed by atoms with Crippen LogP contribution in [0.2, 0.25) is 0 Å². The minimum absolute atomic E-state index is 0.129. The smallest absolute Gasteiger partial charge is 0.268 e. The molecule has 3 aromatic rings. The van der Waals surface area contributed by atoms with Crippen LogP contribution in [0.4, 0.5) is 0 Å². The van der Waals surface area contributed by atoms with Crippen molar-refractivity contribution in [3.8, 4) is 28.0 Å². The highest BCUT2D eigenvalue weighted by Crippen LogP contribution is 2.38. The Labute approximate surface area is 153 Å². The third kappa shape index (κ3) is 3.62. The number of nitrogens with zero attached hydrogens (tertiary/aromatic N) is 2. The number of ether oxygens (including phenoxy) is 3. The van der Waals surface area contributed by atoms with Crippen LogP contribution >= 0.6 is 11.3 Å². The summed E-state index contributed by atoms with van der Waals surface area (Å²) < 4.78 is 20.9. The summed E-state index contributed by atoms with van der Waals surface area (Å²) in [5.41, 5.74) is 0.362. The van der Waals surface area contributed by atoms with Gasteiger partial charge >= 0.3 is 0 Å². The van der Waals surface area contributed by atoms with Crippen molar-refractivity contribution in [1.29, 1.82) is 0 Å². The van der Waals surface area contributed by atoms with Gasteiger partial charge in [-0.25, -0.2) is 0 Å². The van der Waals surface area contributed by atoms with E-state index in [1.807, 2.05) is 17.5 Å². The lowest BCUT2D eigenvalue weighted by Crippen LogP contribution is -2.23. The molecule has 9 heteroatoms. The Balaban J connectivity index is 1.72. The summed E-state index contributed by atoms with van der Waals surface area (Å²) in [5, 5.41) is 8.53. The monoisotopic (exact) mass is 375 g/mol. The zero-order chi connectivity index (χ0) is 18.5. The lowest BCUT2D eigenvalue weighted by molar-refractivity contribution is 0.0949. The van der Waals surface area contributed by atoms with Crippen molar-refractivity contribution in [2.24, 2.45) is 0 Å². The molecular formula is C17H17N3O5S. The second kappa shape index (κ2) is 7.87. The Bertz CT molecular complexity index is 867. The van der Waals surface area contributed by atoms with Crippen molar-refractivity contribution >= 4 is 17.2 Å². The number of hydrogen-bond donors (Lipinski definition) is 1. The molecule has 2 aromatic heterocycles. The summed E-state index contributed by atoms with van der Waals surface area (Å²) >= 11 is 1.50. The molecule has 0 bridgehead atoms. The summed E-state index contributed by atoms with van der Waals surface area (Å²) in [4.78, 5) is 17.6. The summed E-state index contributed by atoms with van der Waals surface area (Å²) in [6, 6.07) is 6.93. The van der Waals surface area contributed by atoms with Gasteiger partial charge in [0.05, 0.1) is 32.8 Å². The normalized spacial score (nSPS) is 10.4. The van der Waals surface area contributed by atoms with Gasteiger partial charge in [0.15, 0.2) is 17.3 Å². The highest BCUT2D eigenvalue weighted by atomic mass is 32.1. The van der Waals surface area contributed by atoms with Gasteiger partial charge in [0.2, 0.25) is 5.75 Å². The Morgan fingerprint density at radius 1 is 1.19 bits per heavy atom. The molecule has 0 saturated carbocycles. The fourth-order valence-corrected chi connectivity index (χ4v) is 2.94. The number of hydrogen-bond acceptors (Lipinski definition) is 8. The first kappa shape index (κ1) is 17.7. The summed E-state index contributed by atoms with van der Waals surface area (Å²) in [7, 11) is 4.48. The highest BCUT2D eigenvalue weighted by Gasteiger charge is 2.17. The fourth-order valence-electron chi connectivity index (χ4n) is 2.30. The molecule has 0 radical (unpaired) electrons. The van der Waals surface area contributed by atoms with Crippen molar-refractivity contribution in [1.82, 2.24) is 15.5 Å². The zero-order valence-corrected chi connectivity index (χ0v) is 15.3. The van der Waals surface area contributed by atoms with Gasteiger partial charge in [-0.3, -0.25) is 4.79 Å². The van der Waals surface area contributed by atoms with Crippen molar-refractivity contribution < 1.29 is 23.5 Å². The molecule has 0 aliphatic rings. The standard InChI is InChI=1S/C17H17N3O5S/c1-22-11-7-10(8-12(23-2)15(11)24-3)16(21)18-9-14-19-17(25-20-14)13-5-4-6-26-13/h4-8H,9H2,1-3H3,(H,18,21). The maximum atomic E-state index is 12.4. The van der Waals surface area contributed by atoms with Crippen LogP contribution in [0.3, 0.4) is 0 Å². The van der Waals surface area contributed by atoms with Crippen molar-refractivity contribution in [3.05, 3.63) is 41.0 Å². The number of rotatable bonds is 7. The molecule has 0 aliphatic carbocycles. The number of nitrogens with one attached hydrogen (secondary N) is 1. The SMILES string of the molecule is COc1cc(C(=O)NCc2noc(-c3cccs3)n2)cc(OC)c1OC. The molecule has 8 nitrogen and oxygen atoms in total. The topological polar surface area (TPSA) is 95.7 Å².